The van der Waals surface area contributed by atoms with E-state index in [1.165, 1.54) is 4.90 Å². The summed E-state index contributed by atoms with van der Waals surface area (Å²) in [6.07, 6.45) is 0.432. The van der Waals surface area contributed by atoms with Crippen LogP contribution in [0.3, 0.4) is 0 Å². The van der Waals surface area contributed by atoms with E-state index in [0.717, 1.165) is 20.8 Å². The highest BCUT2D eigenvalue weighted by Crippen LogP contribution is 2.41. The van der Waals surface area contributed by atoms with Crippen LogP contribution in [-0.4, -0.2) is 28.5 Å². The number of nitrogens with zero attached hydrogens (tertiary/aromatic N) is 2. The first-order valence-corrected chi connectivity index (χ1v) is 8.89. The second-order valence-corrected chi connectivity index (χ2v) is 7.40. The summed E-state index contributed by atoms with van der Waals surface area (Å²) in [5.74, 6) is -1.73. The molecule has 2 heterocycles. The molecule has 1 unspecified atom stereocenters. The summed E-state index contributed by atoms with van der Waals surface area (Å²) in [4.78, 5) is 29.9. The second-order valence-electron chi connectivity index (χ2n) is 5.85. The molecule has 2 aromatic carbocycles. The highest BCUT2D eigenvalue weighted by molar-refractivity contribution is 7.18. The molecule has 1 aliphatic heterocycles. The summed E-state index contributed by atoms with van der Waals surface area (Å²) in [7, 11) is 0. The van der Waals surface area contributed by atoms with E-state index >= 15 is 0 Å². The van der Waals surface area contributed by atoms with Crippen LogP contribution in [0.15, 0.2) is 42.5 Å². The number of fused-ring (bicyclic) bond motifs is 2. The molecule has 0 aliphatic carbocycles. The Kier molecular flexibility index (Phi) is 3.94. The van der Waals surface area contributed by atoms with Gasteiger partial charge in [0.05, 0.1) is 21.1 Å². The fourth-order valence-corrected chi connectivity index (χ4v) is 4.36. The Hall–Kier alpha value is -2.44. The van der Waals surface area contributed by atoms with E-state index < -0.39 is 11.9 Å². The molecule has 5 nitrogen and oxygen atoms in total. The fourth-order valence-electron chi connectivity index (χ4n) is 3.17. The second kappa shape index (κ2) is 6.13. The van der Waals surface area contributed by atoms with Crippen LogP contribution < -0.4 is 4.90 Å². The Labute approximate surface area is 152 Å². The summed E-state index contributed by atoms with van der Waals surface area (Å²) in [6.45, 7) is -0.357. The zero-order valence-electron chi connectivity index (χ0n) is 13.0. The standard InChI is InChI=1S/C18H13ClN2O3S/c19-10-5-6-14-11(7-10)12(18(24)21(14)9-17(22)23)8-16-20-13-3-1-2-4-15(13)25-16/h1-7,12H,8-9H2,(H,22,23). The number of hydrogen-bond acceptors (Lipinski definition) is 4. The number of benzene rings is 2. The summed E-state index contributed by atoms with van der Waals surface area (Å²) in [5.41, 5.74) is 2.28. The lowest BCUT2D eigenvalue weighted by molar-refractivity contribution is -0.136. The van der Waals surface area contributed by atoms with Crippen LogP contribution in [0.1, 0.15) is 16.5 Å². The van der Waals surface area contributed by atoms with Gasteiger partial charge in [0.15, 0.2) is 0 Å². The summed E-state index contributed by atoms with van der Waals surface area (Å²) in [6, 6.07) is 12.9. The minimum atomic E-state index is -1.05. The Morgan fingerprint density at radius 1 is 1.28 bits per heavy atom. The van der Waals surface area contributed by atoms with E-state index in [2.05, 4.69) is 4.98 Å². The van der Waals surface area contributed by atoms with Crippen molar-refractivity contribution in [1.29, 1.82) is 0 Å². The molecule has 0 radical (unpaired) electrons. The molecular formula is C18H13ClN2O3S. The van der Waals surface area contributed by atoms with Gasteiger partial charge in [-0.1, -0.05) is 23.7 Å². The van der Waals surface area contributed by atoms with E-state index in [9.17, 15) is 9.59 Å². The van der Waals surface area contributed by atoms with Crippen LogP contribution in [0.4, 0.5) is 5.69 Å². The minimum absolute atomic E-state index is 0.223. The monoisotopic (exact) mass is 372 g/mol. The summed E-state index contributed by atoms with van der Waals surface area (Å²) in [5, 5.41) is 10.5. The van der Waals surface area contributed by atoms with Gasteiger partial charge in [-0.15, -0.1) is 11.3 Å². The third-order valence-corrected chi connectivity index (χ3v) is 5.52. The predicted octanol–water partition coefficient (Wildman–Crippen LogP) is 3.71. The number of halogens is 1. The number of anilines is 1. The number of carboxylic acids is 1. The number of carbonyl (C=O) groups is 2. The van der Waals surface area contributed by atoms with Crippen molar-refractivity contribution in [2.24, 2.45) is 0 Å². The van der Waals surface area contributed by atoms with E-state index in [1.807, 2.05) is 24.3 Å². The highest BCUT2D eigenvalue weighted by atomic mass is 35.5. The third kappa shape index (κ3) is 2.88. The molecule has 4 rings (SSSR count). The normalized spacial score (nSPS) is 16.4. The average Bonchev–Trinajstić information content (AvgIpc) is 3.09. The molecule has 0 bridgehead atoms. The molecule has 1 aliphatic rings. The topological polar surface area (TPSA) is 70.5 Å². The molecule has 0 spiro atoms. The van der Waals surface area contributed by atoms with Crippen molar-refractivity contribution in [2.45, 2.75) is 12.3 Å². The van der Waals surface area contributed by atoms with Crippen molar-refractivity contribution < 1.29 is 14.7 Å². The number of carboxylic acid groups (broad SMARTS) is 1. The maximum atomic E-state index is 12.8. The van der Waals surface area contributed by atoms with Gasteiger partial charge in [0.25, 0.3) is 0 Å². The lowest BCUT2D eigenvalue weighted by Gasteiger charge is -2.15. The maximum Gasteiger partial charge on any atom is 0.323 e. The molecule has 1 amide bonds. The molecule has 0 saturated heterocycles. The maximum absolute atomic E-state index is 12.8. The van der Waals surface area contributed by atoms with E-state index in [4.69, 9.17) is 16.7 Å². The van der Waals surface area contributed by atoms with Crippen LogP contribution in [0, 0.1) is 0 Å². The number of carbonyl (C=O) groups excluding carboxylic acids is 1. The van der Waals surface area contributed by atoms with Gasteiger partial charge in [0.1, 0.15) is 6.54 Å². The first-order valence-electron chi connectivity index (χ1n) is 7.70. The molecule has 0 fully saturated rings. The fraction of sp³-hybridized carbons (Fsp3) is 0.167. The van der Waals surface area contributed by atoms with E-state index in [-0.39, 0.29) is 12.5 Å². The first kappa shape index (κ1) is 16.1. The van der Waals surface area contributed by atoms with Gasteiger partial charge in [0.2, 0.25) is 5.91 Å². The molecule has 1 atom stereocenters. The Balaban J connectivity index is 1.72. The largest absolute Gasteiger partial charge is 0.480 e. The SMILES string of the molecule is O=C(O)CN1C(=O)C(Cc2nc3ccccc3s2)c2cc(Cl)ccc21. The van der Waals surface area contributed by atoms with Gasteiger partial charge in [-0.3, -0.25) is 9.59 Å². The number of aliphatic carboxylic acids is 1. The van der Waals surface area contributed by atoms with Crippen molar-refractivity contribution >= 4 is 50.7 Å². The third-order valence-electron chi connectivity index (χ3n) is 4.23. The molecule has 3 aromatic rings. The number of amides is 1. The van der Waals surface area contributed by atoms with Gasteiger partial charge >= 0.3 is 5.97 Å². The quantitative estimate of drug-likeness (QED) is 0.758. The van der Waals surface area contributed by atoms with Crippen molar-refractivity contribution in [3.63, 3.8) is 0 Å². The zero-order valence-corrected chi connectivity index (χ0v) is 14.5. The van der Waals surface area contributed by atoms with E-state index in [1.54, 1.807) is 29.5 Å². The molecule has 25 heavy (non-hydrogen) atoms. The van der Waals surface area contributed by atoms with Crippen LogP contribution in [-0.2, 0) is 16.0 Å². The van der Waals surface area contributed by atoms with Crippen LogP contribution in [0.5, 0.6) is 0 Å². The van der Waals surface area contributed by atoms with Crippen LogP contribution in [0.2, 0.25) is 5.02 Å². The number of hydrogen-bond donors (Lipinski definition) is 1. The van der Waals surface area contributed by atoms with Gasteiger partial charge < -0.3 is 10.0 Å². The molecule has 7 heteroatoms. The summed E-state index contributed by atoms with van der Waals surface area (Å²) >= 11 is 7.65. The molecule has 126 valence electrons. The minimum Gasteiger partial charge on any atom is -0.480 e. The summed E-state index contributed by atoms with van der Waals surface area (Å²) < 4.78 is 1.07. The van der Waals surface area contributed by atoms with Crippen molar-refractivity contribution in [3.05, 3.63) is 58.1 Å². The molecular weight excluding hydrogens is 360 g/mol. The Bertz CT molecular complexity index is 968. The highest BCUT2D eigenvalue weighted by Gasteiger charge is 2.38. The van der Waals surface area contributed by atoms with E-state index in [0.29, 0.717) is 17.1 Å². The zero-order chi connectivity index (χ0) is 17.6. The molecule has 1 aromatic heterocycles. The molecule has 1 N–H and O–H groups in total. The first-order chi connectivity index (χ1) is 12.0. The van der Waals surface area contributed by atoms with Gasteiger partial charge in [-0.25, -0.2) is 4.98 Å². The lowest BCUT2D eigenvalue weighted by Crippen LogP contribution is -2.34. The number of rotatable bonds is 4. The number of thiazole rings is 1. The Morgan fingerprint density at radius 2 is 2.08 bits per heavy atom. The number of aromatic nitrogens is 1. The van der Waals surface area contributed by atoms with Gasteiger partial charge in [0, 0.05) is 17.1 Å². The van der Waals surface area contributed by atoms with Gasteiger partial charge in [-0.2, -0.15) is 0 Å². The van der Waals surface area contributed by atoms with Gasteiger partial charge in [-0.05, 0) is 35.9 Å². The predicted molar refractivity (Wildman–Crippen MR) is 97.5 cm³/mol. The molecule has 0 saturated carbocycles. The van der Waals surface area contributed by atoms with Crippen molar-refractivity contribution in [3.8, 4) is 0 Å². The number of para-hydroxylation sites is 1. The average molecular weight is 373 g/mol. The van der Waals surface area contributed by atoms with Crippen molar-refractivity contribution in [1.82, 2.24) is 4.98 Å². The lowest BCUT2D eigenvalue weighted by atomic mass is 9.98. The van der Waals surface area contributed by atoms with Crippen LogP contribution in [0.25, 0.3) is 10.2 Å². The Morgan fingerprint density at radius 3 is 2.84 bits per heavy atom. The van der Waals surface area contributed by atoms with Crippen LogP contribution >= 0.6 is 22.9 Å². The smallest absolute Gasteiger partial charge is 0.323 e. The van der Waals surface area contributed by atoms with Crippen molar-refractivity contribution in [2.75, 3.05) is 11.4 Å².